The number of carbonyl (C=O) groups is 1. The number of aryl methyl sites for hydroxylation is 2. The second-order valence-electron chi connectivity index (χ2n) is 10.1. The molecule has 2 amide bonds. The van der Waals surface area contributed by atoms with Gasteiger partial charge in [-0.1, -0.05) is 68.4 Å². The molecule has 0 spiro atoms. The van der Waals surface area contributed by atoms with Crippen LogP contribution in [0.5, 0.6) is 0 Å². The summed E-state index contributed by atoms with van der Waals surface area (Å²) in [7, 11) is 0. The summed E-state index contributed by atoms with van der Waals surface area (Å²) in [6, 6.07) is 28.5. The van der Waals surface area contributed by atoms with Gasteiger partial charge in [-0.25, -0.2) is 13.9 Å². The van der Waals surface area contributed by atoms with Crippen molar-refractivity contribution >= 4 is 6.03 Å². The predicted octanol–water partition coefficient (Wildman–Crippen LogP) is 6.74. The van der Waals surface area contributed by atoms with E-state index in [2.05, 4.69) is 72.4 Å². The number of carbonyl (C=O) groups excluding carboxylic acids is 1. The Morgan fingerprint density at radius 3 is 2.33 bits per heavy atom. The molecule has 0 bridgehead atoms. The molecule has 0 saturated heterocycles. The van der Waals surface area contributed by atoms with Gasteiger partial charge in [0.25, 0.3) is 0 Å². The molecule has 2 aromatic heterocycles. The van der Waals surface area contributed by atoms with E-state index in [1.165, 1.54) is 17.7 Å². The van der Waals surface area contributed by atoms with Gasteiger partial charge in [-0.2, -0.15) is 5.10 Å². The third-order valence-electron chi connectivity index (χ3n) is 7.63. The molecule has 6 nitrogen and oxygen atoms in total. The summed E-state index contributed by atoms with van der Waals surface area (Å²) >= 11 is 0. The van der Waals surface area contributed by atoms with Crippen LogP contribution in [-0.2, 0) is 25.9 Å². The van der Waals surface area contributed by atoms with Gasteiger partial charge < -0.3 is 14.8 Å². The minimum absolute atomic E-state index is 0.191. The average Bonchev–Trinajstić information content (AvgIpc) is 3.58. The summed E-state index contributed by atoms with van der Waals surface area (Å²) in [6.07, 6.45) is 3.74. The number of hydrogen-bond acceptors (Lipinski definition) is 2. The van der Waals surface area contributed by atoms with E-state index in [4.69, 9.17) is 5.10 Å². The monoisotopic (exact) mass is 533 g/mol. The molecule has 6 rings (SSSR count). The lowest BCUT2D eigenvalue weighted by Crippen LogP contribution is -2.41. The number of nitrogens with one attached hydrogen (secondary N) is 1. The highest BCUT2D eigenvalue weighted by molar-refractivity contribution is 5.76. The molecule has 1 aliphatic rings. The van der Waals surface area contributed by atoms with Crippen molar-refractivity contribution in [3.63, 3.8) is 0 Å². The first kappa shape index (κ1) is 25.6. The number of halogens is 1. The maximum atomic E-state index is 14.0. The average molecular weight is 534 g/mol. The van der Waals surface area contributed by atoms with Crippen LogP contribution in [0.3, 0.4) is 0 Å². The summed E-state index contributed by atoms with van der Waals surface area (Å²) in [6.45, 7) is 4.93. The quantitative estimate of drug-likeness (QED) is 0.263. The molecule has 0 unspecified atom stereocenters. The van der Waals surface area contributed by atoms with E-state index in [0.717, 1.165) is 52.4 Å². The van der Waals surface area contributed by atoms with Crippen LogP contribution in [0, 0.1) is 5.82 Å². The largest absolute Gasteiger partial charge is 0.334 e. The number of hydrogen-bond donors (Lipinski definition) is 1. The zero-order valence-electron chi connectivity index (χ0n) is 22.7. The molecular formula is C33H32FN5O. The number of rotatable bonds is 6. The molecule has 202 valence electrons. The maximum absolute atomic E-state index is 14.0. The fraction of sp³-hybridized carbons (Fsp3) is 0.212. The molecule has 1 N–H and O–H groups in total. The van der Waals surface area contributed by atoms with Crippen LogP contribution in [0.1, 0.15) is 53.5 Å². The van der Waals surface area contributed by atoms with Crippen molar-refractivity contribution < 1.29 is 9.18 Å². The molecule has 7 heteroatoms. The highest BCUT2D eigenvalue weighted by Gasteiger charge is 2.36. The first-order chi connectivity index (χ1) is 19.6. The summed E-state index contributed by atoms with van der Waals surface area (Å²) in [5, 5.41) is 8.11. The van der Waals surface area contributed by atoms with E-state index in [0.29, 0.717) is 13.1 Å². The zero-order chi connectivity index (χ0) is 27.6. The Bertz CT molecular complexity index is 1620. The molecule has 3 aromatic carbocycles. The Morgan fingerprint density at radius 2 is 1.62 bits per heavy atom. The number of nitrogens with zero attached hydrogens (tertiary/aromatic N) is 4. The van der Waals surface area contributed by atoms with E-state index in [1.807, 2.05) is 33.8 Å². The molecule has 3 heterocycles. The van der Waals surface area contributed by atoms with Crippen molar-refractivity contribution in [1.82, 2.24) is 24.6 Å². The molecular weight excluding hydrogens is 501 g/mol. The summed E-state index contributed by atoms with van der Waals surface area (Å²) in [5.74, 6) is 0.654. The molecule has 0 fully saturated rings. The molecule has 40 heavy (non-hydrogen) atoms. The molecule has 0 saturated carbocycles. The minimum atomic E-state index is -0.324. The van der Waals surface area contributed by atoms with Gasteiger partial charge in [0.2, 0.25) is 0 Å². The van der Waals surface area contributed by atoms with Crippen molar-refractivity contribution in [1.29, 1.82) is 0 Å². The topological polar surface area (TPSA) is 55.1 Å². The molecule has 0 radical (unpaired) electrons. The van der Waals surface area contributed by atoms with Crippen molar-refractivity contribution in [2.75, 3.05) is 0 Å². The van der Waals surface area contributed by atoms with E-state index < -0.39 is 0 Å². The lowest BCUT2D eigenvalue weighted by Gasteiger charge is -2.31. The summed E-state index contributed by atoms with van der Waals surface area (Å²) in [5.41, 5.74) is 7.05. The molecule has 1 atom stereocenters. The van der Waals surface area contributed by atoms with Gasteiger partial charge >= 0.3 is 6.03 Å². The first-order valence-corrected chi connectivity index (χ1v) is 13.8. The van der Waals surface area contributed by atoms with Gasteiger partial charge in [-0.15, -0.1) is 0 Å². The smallest absolute Gasteiger partial charge is 0.318 e. The van der Waals surface area contributed by atoms with Crippen LogP contribution < -0.4 is 5.32 Å². The van der Waals surface area contributed by atoms with Crippen LogP contribution in [0.15, 0.2) is 97.2 Å². The first-order valence-electron chi connectivity index (χ1n) is 13.8. The normalized spacial score (nSPS) is 14.4. The minimum Gasteiger partial charge on any atom is -0.334 e. The predicted molar refractivity (Wildman–Crippen MR) is 154 cm³/mol. The Labute approximate surface area is 233 Å². The number of para-hydroxylation sites is 1. The van der Waals surface area contributed by atoms with E-state index in [9.17, 15) is 9.18 Å². The van der Waals surface area contributed by atoms with Crippen molar-refractivity contribution in [3.8, 4) is 11.5 Å². The molecule has 5 aromatic rings. The zero-order valence-corrected chi connectivity index (χ0v) is 22.7. The fourth-order valence-corrected chi connectivity index (χ4v) is 5.52. The summed E-state index contributed by atoms with van der Waals surface area (Å²) < 4.78 is 17.6. The lowest BCUT2D eigenvalue weighted by molar-refractivity contribution is 0.180. The number of fused-ring (bicyclic) bond motifs is 3. The number of aromatic nitrogens is 3. The van der Waals surface area contributed by atoms with Crippen LogP contribution >= 0.6 is 0 Å². The SMILES string of the molecule is CCc1ccc([C@@H]2c3cccn3-c3c(c(CC)nn3-c3ccccc3)CN2C(=O)NCc2ccc(F)cc2)cc1. The second kappa shape index (κ2) is 10.8. The Morgan fingerprint density at radius 1 is 0.900 bits per heavy atom. The van der Waals surface area contributed by atoms with Crippen molar-refractivity contribution in [2.24, 2.45) is 0 Å². The van der Waals surface area contributed by atoms with E-state index in [1.54, 1.807) is 12.1 Å². The van der Waals surface area contributed by atoms with Gasteiger partial charge in [-0.3, -0.25) is 0 Å². The maximum Gasteiger partial charge on any atom is 0.318 e. The van der Waals surface area contributed by atoms with E-state index >= 15 is 0 Å². The standard InChI is InChI=1S/C33H32FN5O/c1-3-23-12-16-25(17-13-23)31-30-11-8-20-37(30)32-28(29(4-2)36-39(32)27-9-6-5-7-10-27)22-38(31)33(40)35-21-24-14-18-26(34)19-15-24/h5-20,31H,3-4,21-22H2,1-2H3,(H,35,40)/t31-/m1/s1. The van der Waals surface area contributed by atoms with Crippen LogP contribution in [0.2, 0.25) is 0 Å². The molecule has 0 aliphatic carbocycles. The van der Waals surface area contributed by atoms with Crippen LogP contribution in [0.25, 0.3) is 11.5 Å². The van der Waals surface area contributed by atoms with Gasteiger partial charge in [0.1, 0.15) is 11.6 Å². The number of urea groups is 1. The highest BCUT2D eigenvalue weighted by atomic mass is 19.1. The van der Waals surface area contributed by atoms with Gasteiger partial charge in [-0.05, 0) is 65.9 Å². The van der Waals surface area contributed by atoms with Crippen molar-refractivity contribution in [2.45, 2.75) is 45.8 Å². The number of amides is 2. The fourth-order valence-electron chi connectivity index (χ4n) is 5.52. The van der Waals surface area contributed by atoms with Gasteiger partial charge in [0, 0.05) is 18.3 Å². The second-order valence-corrected chi connectivity index (χ2v) is 10.1. The number of benzene rings is 3. The Balaban J connectivity index is 1.48. The van der Waals surface area contributed by atoms with E-state index in [-0.39, 0.29) is 17.9 Å². The highest BCUT2D eigenvalue weighted by Crippen LogP contribution is 2.38. The lowest BCUT2D eigenvalue weighted by atomic mass is 9.99. The van der Waals surface area contributed by atoms with Crippen LogP contribution in [0.4, 0.5) is 9.18 Å². The Kier molecular flexibility index (Phi) is 6.95. The molecule has 1 aliphatic heterocycles. The van der Waals surface area contributed by atoms with Gasteiger partial charge in [0.05, 0.1) is 29.7 Å². The summed E-state index contributed by atoms with van der Waals surface area (Å²) in [4.78, 5) is 15.9. The third kappa shape index (κ3) is 4.68. The Hall–Kier alpha value is -4.65. The van der Waals surface area contributed by atoms with Crippen LogP contribution in [-0.4, -0.2) is 25.3 Å². The van der Waals surface area contributed by atoms with Gasteiger partial charge in [0.15, 0.2) is 0 Å². The third-order valence-corrected chi connectivity index (χ3v) is 7.63. The van der Waals surface area contributed by atoms with Crippen molar-refractivity contribution in [3.05, 3.63) is 137 Å².